The molecule has 0 radical (unpaired) electrons. The van der Waals surface area contributed by atoms with Crippen molar-refractivity contribution in [1.29, 1.82) is 0 Å². The minimum absolute atomic E-state index is 0.482. The summed E-state index contributed by atoms with van der Waals surface area (Å²) in [5.41, 5.74) is 1.95. The van der Waals surface area contributed by atoms with Crippen molar-refractivity contribution in [1.82, 2.24) is 4.98 Å². The first-order chi connectivity index (χ1) is 8.58. The Balaban J connectivity index is 2.05. The Kier molecular flexibility index (Phi) is 4.23. The maximum atomic E-state index is 9.47. The van der Waals surface area contributed by atoms with Gasteiger partial charge in [0.25, 0.3) is 0 Å². The Morgan fingerprint density at radius 3 is 2.50 bits per heavy atom. The third kappa shape index (κ3) is 3.45. The van der Waals surface area contributed by atoms with Gasteiger partial charge in [-0.05, 0) is 44.2 Å². The van der Waals surface area contributed by atoms with E-state index in [4.69, 9.17) is 0 Å². The van der Waals surface area contributed by atoms with Crippen molar-refractivity contribution in [2.45, 2.75) is 52.2 Å². The second-order valence-electron chi connectivity index (χ2n) is 5.72. The summed E-state index contributed by atoms with van der Waals surface area (Å²) >= 11 is 0. The van der Waals surface area contributed by atoms with Crippen molar-refractivity contribution in [3.8, 4) is 0 Å². The normalized spacial score (nSPS) is 16.9. The van der Waals surface area contributed by atoms with Crippen molar-refractivity contribution < 1.29 is 5.11 Å². The third-order valence-corrected chi connectivity index (χ3v) is 3.47. The second-order valence-corrected chi connectivity index (χ2v) is 5.72. The zero-order chi connectivity index (χ0) is 13.1. The summed E-state index contributed by atoms with van der Waals surface area (Å²) in [7, 11) is 0. The van der Waals surface area contributed by atoms with Gasteiger partial charge in [-0.3, -0.25) is 4.98 Å². The standard InChI is InChI=1S/C15H24N2O/c1-11(2)8-9-17(13-4-5-13)14-6-7-15(12(3)18)16-10-14/h6-7,10-13,18H,4-5,8-9H2,1-3H3. The molecule has 1 saturated carbocycles. The monoisotopic (exact) mass is 248 g/mol. The van der Waals surface area contributed by atoms with Gasteiger partial charge < -0.3 is 10.0 Å². The summed E-state index contributed by atoms with van der Waals surface area (Å²) < 4.78 is 0. The smallest absolute Gasteiger partial charge is 0.0931 e. The van der Waals surface area contributed by atoms with Crippen LogP contribution in [0.25, 0.3) is 0 Å². The lowest BCUT2D eigenvalue weighted by Crippen LogP contribution is -2.27. The fourth-order valence-electron chi connectivity index (χ4n) is 2.12. The van der Waals surface area contributed by atoms with Gasteiger partial charge in [-0.2, -0.15) is 0 Å². The van der Waals surface area contributed by atoms with Crippen molar-refractivity contribution in [2.24, 2.45) is 5.92 Å². The van der Waals surface area contributed by atoms with Crippen LogP contribution in [0, 0.1) is 5.92 Å². The molecule has 1 fully saturated rings. The van der Waals surface area contributed by atoms with Crippen LogP contribution >= 0.6 is 0 Å². The van der Waals surface area contributed by atoms with Crippen LogP contribution in [0.3, 0.4) is 0 Å². The number of anilines is 1. The van der Waals surface area contributed by atoms with Gasteiger partial charge in [-0.15, -0.1) is 0 Å². The van der Waals surface area contributed by atoms with E-state index in [9.17, 15) is 5.11 Å². The van der Waals surface area contributed by atoms with Gasteiger partial charge in [0.05, 0.1) is 23.7 Å². The van der Waals surface area contributed by atoms with E-state index in [-0.39, 0.29) is 0 Å². The van der Waals surface area contributed by atoms with Crippen LogP contribution in [0.4, 0.5) is 5.69 Å². The molecule has 0 spiro atoms. The van der Waals surface area contributed by atoms with Gasteiger partial charge in [0.1, 0.15) is 0 Å². The highest BCUT2D eigenvalue weighted by molar-refractivity contribution is 5.47. The van der Waals surface area contributed by atoms with Gasteiger partial charge in [0.2, 0.25) is 0 Å². The predicted octanol–water partition coefficient (Wildman–Crippen LogP) is 3.15. The zero-order valence-corrected chi connectivity index (χ0v) is 11.6. The maximum absolute atomic E-state index is 9.47. The Hall–Kier alpha value is -1.09. The Labute approximate surface area is 110 Å². The predicted molar refractivity (Wildman–Crippen MR) is 74.7 cm³/mol. The van der Waals surface area contributed by atoms with E-state index in [1.807, 2.05) is 12.3 Å². The number of pyridine rings is 1. The SMILES string of the molecule is CC(C)CCN(c1ccc(C(C)O)nc1)C1CC1. The van der Waals surface area contributed by atoms with Crippen LogP contribution in [0.1, 0.15) is 51.8 Å². The number of hydrogen-bond donors (Lipinski definition) is 1. The molecule has 0 aliphatic heterocycles. The van der Waals surface area contributed by atoms with Crippen LogP contribution in [-0.2, 0) is 0 Å². The van der Waals surface area contributed by atoms with Crippen LogP contribution in [0.2, 0.25) is 0 Å². The number of aromatic nitrogens is 1. The molecular weight excluding hydrogens is 224 g/mol. The topological polar surface area (TPSA) is 36.4 Å². The summed E-state index contributed by atoms with van der Waals surface area (Å²) in [5.74, 6) is 0.732. The highest BCUT2D eigenvalue weighted by Gasteiger charge is 2.29. The Morgan fingerprint density at radius 2 is 2.06 bits per heavy atom. The van der Waals surface area contributed by atoms with Crippen LogP contribution < -0.4 is 4.90 Å². The molecule has 1 aromatic heterocycles. The molecule has 1 aliphatic rings. The minimum atomic E-state index is -0.482. The first-order valence-electron chi connectivity index (χ1n) is 6.98. The Morgan fingerprint density at radius 1 is 1.33 bits per heavy atom. The summed E-state index contributed by atoms with van der Waals surface area (Å²) in [6.45, 7) is 7.39. The first kappa shape index (κ1) is 13.3. The van der Waals surface area contributed by atoms with E-state index in [2.05, 4.69) is 29.8 Å². The third-order valence-electron chi connectivity index (χ3n) is 3.47. The number of aliphatic hydroxyl groups is 1. The molecule has 0 aromatic carbocycles. The van der Waals surface area contributed by atoms with Crippen LogP contribution in [-0.4, -0.2) is 22.7 Å². The summed E-state index contributed by atoms with van der Waals surface area (Å²) in [6.07, 6.45) is 5.24. The molecule has 2 rings (SSSR count). The zero-order valence-electron chi connectivity index (χ0n) is 11.6. The van der Waals surface area contributed by atoms with E-state index in [0.717, 1.165) is 18.2 Å². The average molecular weight is 248 g/mol. The molecule has 1 unspecified atom stereocenters. The van der Waals surface area contributed by atoms with Crippen molar-refractivity contribution in [3.05, 3.63) is 24.0 Å². The minimum Gasteiger partial charge on any atom is -0.387 e. The molecule has 1 aliphatic carbocycles. The van der Waals surface area contributed by atoms with E-state index in [1.54, 1.807) is 6.92 Å². The molecule has 0 saturated heterocycles. The average Bonchev–Trinajstić information content (AvgIpc) is 3.14. The van der Waals surface area contributed by atoms with E-state index < -0.39 is 6.10 Å². The van der Waals surface area contributed by atoms with Crippen molar-refractivity contribution in [3.63, 3.8) is 0 Å². The molecule has 1 N–H and O–H groups in total. The molecule has 0 bridgehead atoms. The molecular formula is C15H24N2O. The van der Waals surface area contributed by atoms with E-state index >= 15 is 0 Å². The fraction of sp³-hybridized carbons (Fsp3) is 0.667. The van der Waals surface area contributed by atoms with Crippen molar-refractivity contribution in [2.75, 3.05) is 11.4 Å². The molecule has 0 amide bonds. The number of nitrogens with zero attached hydrogens (tertiary/aromatic N) is 2. The quantitative estimate of drug-likeness (QED) is 0.840. The van der Waals surface area contributed by atoms with E-state index in [0.29, 0.717) is 6.04 Å². The first-order valence-corrected chi connectivity index (χ1v) is 6.98. The lowest BCUT2D eigenvalue weighted by atomic mass is 10.1. The van der Waals surface area contributed by atoms with Gasteiger partial charge in [0, 0.05) is 12.6 Å². The molecule has 1 atom stereocenters. The van der Waals surface area contributed by atoms with E-state index in [1.165, 1.54) is 24.9 Å². The van der Waals surface area contributed by atoms with Gasteiger partial charge in [-0.1, -0.05) is 13.8 Å². The maximum Gasteiger partial charge on any atom is 0.0931 e. The summed E-state index contributed by atoms with van der Waals surface area (Å²) in [5, 5.41) is 9.47. The molecule has 3 heteroatoms. The highest BCUT2D eigenvalue weighted by Crippen LogP contribution is 2.32. The van der Waals surface area contributed by atoms with Crippen molar-refractivity contribution >= 4 is 5.69 Å². The lowest BCUT2D eigenvalue weighted by Gasteiger charge is -2.25. The van der Waals surface area contributed by atoms with Crippen LogP contribution in [0.15, 0.2) is 18.3 Å². The van der Waals surface area contributed by atoms with Crippen LogP contribution in [0.5, 0.6) is 0 Å². The molecule has 100 valence electrons. The number of aliphatic hydroxyl groups excluding tert-OH is 1. The molecule has 1 aromatic rings. The largest absolute Gasteiger partial charge is 0.387 e. The van der Waals surface area contributed by atoms with Gasteiger partial charge in [-0.25, -0.2) is 0 Å². The van der Waals surface area contributed by atoms with Gasteiger partial charge >= 0.3 is 0 Å². The second kappa shape index (κ2) is 5.70. The molecule has 1 heterocycles. The lowest BCUT2D eigenvalue weighted by molar-refractivity contribution is 0.194. The number of rotatable bonds is 6. The fourth-order valence-corrected chi connectivity index (χ4v) is 2.12. The molecule has 18 heavy (non-hydrogen) atoms. The van der Waals surface area contributed by atoms with Gasteiger partial charge in [0.15, 0.2) is 0 Å². The number of hydrogen-bond acceptors (Lipinski definition) is 3. The summed E-state index contributed by atoms with van der Waals surface area (Å²) in [4.78, 5) is 6.82. The summed E-state index contributed by atoms with van der Waals surface area (Å²) in [6, 6.07) is 4.74. The molecule has 3 nitrogen and oxygen atoms in total. The highest BCUT2D eigenvalue weighted by atomic mass is 16.3. The Bertz CT molecular complexity index is 369.